The highest BCUT2D eigenvalue weighted by molar-refractivity contribution is 7.89. The molecule has 8 heteroatoms. The van der Waals surface area contributed by atoms with Gasteiger partial charge in [-0.2, -0.15) is 0 Å². The van der Waals surface area contributed by atoms with E-state index in [1.165, 1.54) is 6.07 Å². The van der Waals surface area contributed by atoms with Crippen molar-refractivity contribution in [1.29, 1.82) is 0 Å². The summed E-state index contributed by atoms with van der Waals surface area (Å²) in [6, 6.07) is 12.3. The van der Waals surface area contributed by atoms with Crippen molar-refractivity contribution >= 4 is 33.2 Å². The Bertz CT molecular complexity index is 975. The van der Waals surface area contributed by atoms with E-state index in [2.05, 4.69) is 19.2 Å². The minimum atomic E-state index is -3.75. The Morgan fingerprint density at radius 1 is 1.21 bits per heavy atom. The molecule has 1 aliphatic rings. The van der Waals surface area contributed by atoms with Crippen LogP contribution in [0.25, 0.3) is 0 Å². The van der Waals surface area contributed by atoms with Gasteiger partial charge in [0.05, 0.1) is 11.4 Å². The van der Waals surface area contributed by atoms with Crippen LogP contribution in [0.1, 0.15) is 31.0 Å². The lowest BCUT2D eigenvalue weighted by molar-refractivity contribution is -0.117. The number of halogens is 1. The molecule has 28 heavy (non-hydrogen) atoms. The number of rotatable bonds is 6. The van der Waals surface area contributed by atoms with E-state index < -0.39 is 10.0 Å². The molecule has 1 aliphatic heterocycles. The fraction of sp³-hybridized carbons (Fsp3) is 0.350. The summed E-state index contributed by atoms with van der Waals surface area (Å²) in [4.78, 5) is 14.6. The molecule has 6 nitrogen and oxygen atoms in total. The number of carbonyl (C=O) groups excluding carboxylic acids is 1. The van der Waals surface area contributed by atoms with Gasteiger partial charge in [0, 0.05) is 23.3 Å². The van der Waals surface area contributed by atoms with Crippen molar-refractivity contribution < 1.29 is 13.2 Å². The number of nitrogens with two attached hydrogens (primary N) is 1. The number of primary sulfonamides is 1. The molecule has 0 fully saturated rings. The fourth-order valence-corrected chi connectivity index (χ4v) is 4.21. The van der Waals surface area contributed by atoms with Crippen LogP contribution < -0.4 is 15.4 Å². The zero-order chi connectivity index (χ0) is 20.5. The summed E-state index contributed by atoms with van der Waals surface area (Å²) < 4.78 is 23.0. The Kier molecular flexibility index (Phi) is 6.09. The molecule has 1 heterocycles. The third-order valence-corrected chi connectivity index (χ3v) is 6.11. The van der Waals surface area contributed by atoms with Crippen LogP contribution in [-0.2, 0) is 21.2 Å². The first kappa shape index (κ1) is 20.8. The summed E-state index contributed by atoms with van der Waals surface area (Å²) in [5.74, 6) is 0.235. The van der Waals surface area contributed by atoms with Gasteiger partial charge in [0.2, 0.25) is 15.9 Å². The molecule has 0 aromatic heterocycles. The maximum absolute atomic E-state index is 12.8. The van der Waals surface area contributed by atoms with Crippen LogP contribution in [0.2, 0.25) is 5.02 Å². The lowest BCUT2D eigenvalue weighted by Gasteiger charge is -2.25. The maximum Gasteiger partial charge on any atom is 0.240 e. The third-order valence-electron chi connectivity index (χ3n) is 4.95. The van der Waals surface area contributed by atoms with E-state index in [0.717, 1.165) is 16.8 Å². The molecule has 0 aliphatic carbocycles. The predicted octanol–water partition coefficient (Wildman–Crippen LogP) is 2.86. The molecule has 3 N–H and O–H groups in total. The Morgan fingerprint density at radius 2 is 1.89 bits per heavy atom. The quantitative estimate of drug-likeness (QED) is 0.750. The van der Waals surface area contributed by atoms with Crippen molar-refractivity contribution in [3.63, 3.8) is 0 Å². The molecule has 0 radical (unpaired) electrons. The number of hydrogen-bond donors (Lipinski definition) is 2. The second-order valence-electron chi connectivity index (χ2n) is 7.29. The highest BCUT2D eigenvalue weighted by Gasteiger charge is 2.27. The average Bonchev–Trinajstić information content (AvgIpc) is 3.05. The zero-order valence-electron chi connectivity index (χ0n) is 15.9. The molecule has 1 unspecified atom stereocenters. The smallest absolute Gasteiger partial charge is 0.240 e. The van der Waals surface area contributed by atoms with Crippen LogP contribution in [0.15, 0.2) is 47.4 Å². The van der Waals surface area contributed by atoms with Crippen LogP contribution in [0.3, 0.4) is 0 Å². The molecule has 0 spiro atoms. The molecule has 0 bridgehead atoms. The van der Waals surface area contributed by atoms with Gasteiger partial charge in [-0.25, -0.2) is 13.6 Å². The fourth-order valence-electron chi connectivity index (χ4n) is 3.52. The van der Waals surface area contributed by atoms with Crippen LogP contribution in [0.5, 0.6) is 0 Å². The van der Waals surface area contributed by atoms with E-state index in [1.807, 2.05) is 24.3 Å². The van der Waals surface area contributed by atoms with Crippen LogP contribution in [-0.4, -0.2) is 27.4 Å². The van der Waals surface area contributed by atoms with E-state index in [0.29, 0.717) is 18.0 Å². The minimum Gasteiger partial charge on any atom is -0.311 e. The normalized spacial score (nSPS) is 15.0. The van der Waals surface area contributed by atoms with E-state index in [4.69, 9.17) is 16.7 Å². The van der Waals surface area contributed by atoms with Gasteiger partial charge in [-0.1, -0.05) is 37.6 Å². The van der Waals surface area contributed by atoms with Crippen molar-refractivity contribution in [1.82, 2.24) is 5.32 Å². The molecule has 2 aromatic carbocycles. The topological polar surface area (TPSA) is 92.5 Å². The van der Waals surface area contributed by atoms with Crippen LogP contribution >= 0.6 is 11.6 Å². The van der Waals surface area contributed by atoms with E-state index in [1.54, 1.807) is 17.0 Å². The summed E-state index contributed by atoms with van der Waals surface area (Å²) in [6.07, 6.45) is 0.606. The van der Waals surface area contributed by atoms with Crippen molar-refractivity contribution in [3.05, 3.63) is 58.6 Å². The molecule has 150 valence electrons. The molecule has 1 atom stereocenters. The number of nitrogens with zero attached hydrogens (tertiary/aromatic N) is 1. The van der Waals surface area contributed by atoms with E-state index >= 15 is 0 Å². The lowest BCUT2D eigenvalue weighted by Crippen LogP contribution is -2.39. The molecule has 3 rings (SSSR count). The first-order valence-electron chi connectivity index (χ1n) is 9.12. The van der Waals surface area contributed by atoms with Gasteiger partial charge < -0.3 is 10.2 Å². The average molecular weight is 422 g/mol. The second-order valence-corrected chi connectivity index (χ2v) is 9.28. The van der Waals surface area contributed by atoms with Gasteiger partial charge in [-0.15, -0.1) is 0 Å². The molecule has 1 amide bonds. The monoisotopic (exact) mass is 421 g/mol. The van der Waals surface area contributed by atoms with Crippen LogP contribution in [0.4, 0.5) is 5.69 Å². The summed E-state index contributed by atoms with van der Waals surface area (Å²) >= 11 is 5.97. The van der Waals surface area contributed by atoms with Gasteiger partial charge in [0.1, 0.15) is 0 Å². The highest BCUT2D eigenvalue weighted by Crippen LogP contribution is 2.30. The molecular weight excluding hydrogens is 398 g/mol. The first-order valence-corrected chi connectivity index (χ1v) is 11.0. The van der Waals surface area contributed by atoms with Gasteiger partial charge in [0.25, 0.3) is 0 Å². The van der Waals surface area contributed by atoms with Crippen molar-refractivity contribution in [2.24, 2.45) is 11.1 Å². The number of benzene rings is 2. The SMILES string of the molecule is CC(C)C(NCC(=O)N1CCc2cc(S(N)(=O)=O)ccc21)c1ccc(Cl)cc1. The molecular formula is C20H24ClN3O3S. The molecule has 2 aromatic rings. The number of nitrogens with one attached hydrogen (secondary N) is 1. The van der Waals surface area contributed by atoms with Gasteiger partial charge in [-0.05, 0) is 53.8 Å². The molecule has 0 saturated carbocycles. The van der Waals surface area contributed by atoms with Gasteiger partial charge in [-0.3, -0.25) is 4.79 Å². The summed E-state index contributed by atoms with van der Waals surface area (Å²) in [5, 5.41) is 9.22. The van der Waals surface area contributed by atoms with Crippen molar-refractivity contribution in [3.8, 4) is 0 Å². The number of hydrogen-bond acceptors (Lipinski definition) is 4. The lowest BCUT2D eigenvalue weighted by atomic mass is 9.96. The Balaban J connectivity index is 1.71. The Morgan fingerprint density at radius 3 is 2.50 bits per heavy atom. The first-order chi connectivity index (χ1) is 13.2. The highest BCUT2D eigenvalue weighted by atomic mass is 35.5. The number of fused-ring (bicyclic) bond motifs is 1. The predicted molar refractivity (Wildman–Crippen MR) is 111 cm³/mol. The maximum atomic E-state index is 12.8. The third kappa shape index (κ3) is 4.55. The number of amides is 1. The van der Waals surface area contributed by atoms with Gasteiger partial charge >= 0.3 is 0 Å². The number of anilines is 1. The minimum absolute atomic E-state index is 0.0213. The van der Waals surface area contributed by atoms with E-state index in [9.17, 15) is 13.2 Å². The van der Waals surface area contributed by atoms with Gasteiger partial charge in [0.15, 0.2) is 0 Å². The summed E-state index contributed by atoms with van der Waals surface area (Å²) in [7, 11) is -3.75. The van der Waals surface area contributed by atoms with Crippen molar-refractivity contribution in [2.45, 2.75) is 31.2 Å². The largest absolute Gasteiger partial charge is 0.311 e. The zero-order valence-corrected chi connectivity index (χ0v) is 17.4. The van der Waals surface area contributed by atoms with Crippen LogP contribution in [0, 0.1) is 5.92 Å². The Labute approximate surface area is 170 Å². The molecule has 0 saturated heterocycles. The summed E-state index contributed by atoms with van der Waals surface area (Å²) in [5.41, 5.74) is 2.64. The number of sulfonamides is 1. The second kappa shape index (κ2) is 8.21. The standard InChI is InChI=1S/C20H24ClN3O3S/c1-13(2)20(14-3-5-16(21)6-4-14)23-12-19(25)24-10-9-15-11-17(28(22,26)27)7-8-18(15)24/h3-8,11,13,20,23H,9-10,12H2,1-2H3,(H2,22,26,27). The van der Waals surface area contributed by atoms with E-state index in [-0.39, 0.29) is 29.3 Å². The summed E-state index contributed by atoms with van der Waals surface area (Å²) in [6.45, 7) is 4.90. The number of carbonyl (C=O) groups is 1. The van der Waals surface area contributed by atoms with Crippen molar-refractivity contribution in [2.75, 3.05) is 18.0 Å². The Hall–Kier alpha value is -1.93.